The Morgan fingerprint density at radius 1 is 1.33 bits per heavy atom. The summed E-state index contributed by atoms with van der Waals surface area (Å²) in [7, 11) is 1.68. The normalized spacial score (nSPS) is 18.6. The Morgan fingerprint density at radius 3 is 2.90 bits per heavy atom. The molecule has 112 valence electrons. The highest BCUT2D eigenvalue weighted by Crippen LogP contribution is 2.30. The lowest BCUT2D eigenvalue weighted by Gasteiger charge is -2.24. The minimum atomic E-state index is 0.470. The van der Waals surface area contributed by atoms with E-state index < -0.39 is 0 Å². The number of piperazine rings is 1. The van der Waals surface area contributed by atoms with E-state index in [0.717, 1.165) is 43.1 Å². The summed E-state index contributed by atoms with van der Waals surface area (Å²) in [5.74, 6) is 1.31. The Kier molecular flexibility index (Phi) is 4.08. The quantitative estimate of drug-likeness (QED) is 0.667. The summed E-state index contributed by atoms with van der Waals surface area (Å²) in [6.07, 6.45) is 0.981. The first-order chi connectivity index (χ1) is 10.3. The number of H-pyrrole nitrogens is 1. The van der Waals surface area contributed by atoms with Crippen LogP contribution in [0.4, 0.5) is 5.82 Å². The molecule has 1 saturated heterocycles. The summed E-state index contributed by atoms with van der Waals surface area (Å²) in [5.41, 5.74) is 8.76. The standard InChI is InChI=1S/C15H21N5O/c1-21-14-7-10(6-11-9-17-4-5-18-11)2-3-12(14)13-8-15(16)20-19-13/h2-3,7-8,11,17-18H,4-6,9H2,1H3,(H3,16,19,20)/t11-/m1/s1. The number of hydrogen-bond donors (Lipinski definition) is 4. The molecule has 2 heterocycles. The number of aromatic amines is 1. The molecule has 6 nitrogen and oxygen atoms in total. The van der Waals surface area contributed by atoms with Gasteiger partial charge in [0.25, 0.3) is 0 Å². The van der Waals surface area contributed by atoms with Crippen molar-refractivity contribution in [3.63, 3.8) is 0 Å². The van der Waals surface area contributed by atoms with E-state index in [-0.39, 0.29) is 0 Å². The highest BCUT2D eigenvalue weighted by molar-refractivity contribution is 5.69. The molecule has 0 spiro atoms. The first kappa shape index (κ1) is 13.9. The fourth-order valence-corrected chi connectivity index (χ4v) is 2.70. The zero-order valence-corrected chi connectivity index (χ0v) is 12.1. The number of ether oxygens (including phenoxy) is 1. The van der Waals surface area contributed by atoms with Gasteiger partial charge in [0.15, 0.2) is 0 Å². The van der Waals surface area contributed by atoms with Crippen LogP contribution < -0.4 is 21.1 Å². The average Bonchev–Trinajstić information content (AvgIpc) is 2.94. The summed E-state index contributed by atoms with van der Waals surface area (Å²) < 4.78 is 5.51. The van der Waals surface area contributed by atoms with E-state index in [1.165, 1.54) is 5.56 Å². The number of anilines is 1. The predicted molar refractivity (Wildman–Crippen MR) is 83.4 cm³/mol. The second-order valence-electron chi connectivity index (χ2n) is 5.30. The molecule has 3 rings (SSSR count). The Morgan fingerprint density at radius 2 is 2.24 bits per heavy atom. The highest BCUT2D eigenvalue weighted by Gasteiger charge is 2.14. The Hall–Kier alpha value is -2.05. The molecule has 0 aliphatic carbocycles. The van der Waals surface area contributed by atoms with E-state index in [4.69, 9.17) is 10.5 Å². The van der Waals surface area contributed by atoms with Gasteiger partial charge in [-0.3, -0.25) is 5.10 Å². The van der Waals surface area contributed by atoms with E-state index in [0.29, 0.717) is 11.9 Å². The van der Waals surface area contributed by atoms with E-state index >= 15 is 0 Å². The van der Waals surface area contributed by atoms with Crippen molar-refractivity contribution in [2.24, 2.45) is 0 Å². The lowest BCUT2D eigenvalue weighted by atomic mass is 10.0. The molecule has 21 heavy (non-hydrogen) atoms. The van der Waals surface area contributed by atoms with Gasteiger partial charge in [-0.2, -0.15) is 5.10 Å². The van der Waals surface area contributed by atoms with Gasteiger partial charge in [0.1, 0.15) is 11.6 Å². The Labute approximate surface area is 124 Å². The summed E-state index contributed by atoms with van der Waals surface area (Å²) in [4.78, 5) is 0. The number of rotatable bonds is 4. The van der Waals surface area contributed by atoms with Gasteiger partial charge in [-0.25, -0.2) is 0 Å². The van der Waals surface area contributed by atoms with Gasteiger partial charge in [-0.05, 0) is 24.1 Å². The third-order valence-corrected chi connectivity index (χ3v) is 3.76. The molecule has 1 fully saturated rings. The molecule has 1 aliphatic heterocycles. The summed E-state index contributed by atoms with van der Waals surface area (Å²) in [5, 5.41) is 13.8. The van der Waals surface area contributed by atoms with Gasteiger partial charge in [0.2, 0.25) is 0 Å². The molecule has 0 unspecified atom stereocenters. The van der Waals surface area contributed by atoms with Crippen LogP contribution in [-0.4, -0.2) is 43.0 Å². The fourth-order valence-electron chi connectivity index (χ4n) is 2.70. The topological polar surface area (TPSA) is 88.0 Å². The molecule has 2 aromatic rings. The number of aromatic nitrogens is 2. The second kappa shape index (κ2) is 6.15. The molecule has 0 amide bonds. The number of hydrogen-bond acceptors (Lipinski definition) is 5. The van der Waals surface area contributed by atoms with Gasteiger partial charge in [0, 0.05) is 37.3 Å². The van der Waals surface area contributed by atoms with Crippen molar-refractivity contribution in [2.75, 3.05) is 32.5 Å². The molecule has 1 atom stereocenters. The van der Waals surface area contributed by atoms with Crippen LogP contribution in [0.15, 0.2) is 24.3 Å². The van der Waals surface area contributed by atoms with Crippen LogP contribution in [0.3, 0.4) is 0 Å². The highest BCUT2D eigenvalue weighted by atomic mass is 16.5. The minimum Gasteiger partial charge on any atom is -0.496 e. The first-order valence-electron chi connectivity index (χ1n) is 7.18. The van der Waals surface area contributed by atoms with Crippen molar-refractivity contribution in [3.05, 3.63) is 29.8 Å². The molecule has 5 N–H and O–H groups in total. The number of methoxy groups -OCH3 is 1. The van der Waals surface area contributed by atoms with Gasteiger partial charge in [0.05, 0.1) is 12.8 Å². The van der Waals surface area contributed by atoms with Gasteiger partial charge >= 0.3 is 0 Å². The number of nitrogen functional groups attached to an aromatic ring is 1. The van der Waals surface area contributed by atoms with Crippen molar-refractivity contribution < 1.29 is 4.74 Å². The molecular weight excluding hydrogens is 266 g/mol. The SMILES string of the molecule is COc1cc(C[C@@H]2CNCCN2)ccc1-c1cc(N)n[nH]1. The lowest BCUT2D eigenvalue weighted by molar-refractivity contribution is 0.408. The van der Waals surface area contributed by atoms with Crippen LogP contribution in [-0.2, 0) is 6.42 Å². The zero-order valence-electron chi connectivity index (χ0n) is 12.1. The molecule has 6 heteroatoms. The maximum absolute atomic E-state index is 5.66. The Balaban J connectivity index is 1.81. The number of nitrogens with one attached hydrogen (secondary N) is 3. The summed E-state index contributed by atoms with van der Waals surface area (Å²) in [6, 6.07) is 8.55. The predicted octanol–water partition coefficient (Wildman–Crippen LogP) is 0.771. The van der Waals surface area contributed by atoms with Crippen LogP contribution in [0.5, 0.6) is 5.75 Å². The zero-order chi connectivity index (χ0) is 14.7. The van der Waals surface area contributed by atoms with Crippen molar-refractivity contribution >= 4 is 5.82 Å². The molecule has 1 aromatic heterocycles. The number of nitrogens with two attached hydrogens (primary N) is 1. The molecule has 0 bridgehead atoms. The van der Waals surface area contributed by atoms with E-state index in [1.54, 1.807) is 7.11 Å². The molecule has 0 saturated carbocycles. The van der Waals surface area contributed by atoms with Crippen LogP contribution in [0.2, 0.25) is 0 Å². The second-order valence-corrected chi connectivity index (χ2v) is 5.30. The maximum Gasteiger partial charge on any atom is 0.145 e. The summed E-state index contributed by atoms with van der Waals surface area (Å²) in [6.45, 7) is 3.06. The number of nitrogens with zero attached hydrogens (tertiary/aromatic N) is 1. The van der Waals surface area contributed by atoms with Crippen LogP contribution in [0, 0.1) is 0 Å². The van der Waals surface area contributed by atoms with Gasteiger partial charge in [-0.1, -0.05) is 6.07 Å². The molecule has 1 aliphatic rings. The molecular formula is C15H21N5O. The van der Waals surface area contributed by atoms with Gasteiger partial charge < -0.3 is 21.1 Å². The largest absolute Gasteiger partial charge is 0.496 e. The molecule has 0 radical (unpaired) electrons. The van der Waals surface area contributed by atoms with Crippen LogP contribution >= 0.6 is 0 Å². The van der Waals surface area contributed by atoms with E-state index in [1.807, 2.05) is 6.07 Å². The lowest BCUT2D eigenvalue weighted by Crippen LogP contribution is -2.49. The number of benzene rings is 1. The average molecular weight is 287 g/mol. The maximum atomic E-state index is 5.66. The van der Waals surface area contributed by atoms with Gasteiger partial charge in [-0.15, -0.1) is 0 Å². The van der Waals surface area contributed by atoms with Crippen LogP contribution in [0.1, 0.15) is 5.56 Å². The van der Waals surface area contributed by atoms with E-state index in [2.05, 4.69) is 39.0 Å². The van der Waals surface area contributed by atoms with Crippen molar-refractivity contribution in [1.29, 1.82) is 0 Å². The Bertz CT molecular complexity index is 604. The third kappa shape index (κ3) is 3.17. The van der Waals surface area contributed by atoms with Crippen molar-refractivity contribution in [1.82, 2.24) is 20.8 Å². The van der Waals surface area contributed by atoms with Crippen molar-refractivity contribution in [3.8, 4) is 17.0 Å². The monoisotopic (exact) mass is 287 g/mol. The first-order valence-corrected chi connectivity index (χ1v) is 7.18. The third-order valence-electron chi connectivity index (χ3n) is 3.76. The minimum absolute atomic E-state index is 0.470. The van der Waals surface area contributed by atoms with E-state index in [9.17, 15) is 0 Å². The molecule has 1 aromatic carbocycles. The van der Waals surface area contributed by atoms with Crippen molar-refractivity contribution in [2.45, 2.75) is 12.5 Å². The summed E-state index contributed by atoms with van der Waals surface area (Å²) >= 11 is 0. The smallest absolute Gasteiger partial charge is 0.145 e. The fraction of sp³-hybridized carbons (Fsp3) is 0.400. The van der Waals surface area contributed by atoms with Crippen LogP contribution in [0.25, 0.3) is 11.3 Å².